The molecule has 0 saturated carbocycles. The van der Waals surface area contributed by atoms with E-state index in [0.29, 0.717) is 11.4 Å². The Kier molecular flexibility index (Phi) is 6.07. The standard InChI is InChI=1S/C22H24N4O3S/c1-15-5-6-16(2)26(15)21-11-7-19(8-12-21)17(3)24-25-30(28,29)22-13-9-20(10-14-22)23-18(4)27/h5-14,25H,1-4H3,(H,23,27)/b24-17+. The lowest BCUT2D eigenvalue weighted by atomic mass is 10.1. The third kappa shape index (κ3) is 4.77. The van der Waals surface area contributed by atoms with E-state index in [9.17, 15) is 13.2 Å². The van der Waals surface area contributed by atoms with Gasteiger partial charge in [0.2, 0.25) is 5.91 Å². The normalized spacial score (nSPS) is 11.9. The maximum atomic E-state index is 12.5. The zero-order valence-electron chi connectivity index (χ0n) is 17.3. The highest BCUT2D eigenvalue weighted by Crippen LogP contribution is 2.18. The summed E-state index contributed by atoms with van der Waals surface area (Å²) in [6.07, 6.45) is 0. The summed E-state index contributed by atoms with van der Waals surface area (Å²) in [6, 6.07) is 17.8. The molecule has 0 aliphatic carbocycles. The van der Waals surface area contributed by atoms with Gasteiger partial charge in [-0.2, -0.15) is 18.4 Å². The SMILES string of the molecule is CC(=O)Nc1ccc(S(=O)(=O)N/N=C(\C)c2ccc(-n3c(C)ccc3C)cc2)cc1. The van der Waals surface area contributed by atoms with Gasteiger partial charge in [-0.3, -0.25) is 4.79 Å². The van der Waals surface area contributed by atoms with Gasteiger partial charge in [-0.05, 0) is 74.9 Å². The van der Waals surface area contributed by atoms with Gasteiger partial charge in [0.15, 0.2) is 0 Å². The number of carbonyl (C=O) groups is 1. The largest absolute Gasteiger partial charge is 0.326 e. The van der Waals surface area contributed by atoms with Crippen LogP contribution >= 0.6 is 0 Å². The molecule has 3 aromatic rings. The van der Waals surface area contributed by atoms with E-state index in [2.05, 4.69) is 31.9 Å². The maximum Gasteiger partial charge on any atom is 0.276 e. The molecule has 0 aliphatic heterocycles. The number of hydrogen-bond acceptors (Lipinski definition) is 4. The number of hydrogen-bond donors (Lipinski definition) is 2. The van der Waals surface area contributed by atoms with Gasteiger partial charge in [0.25, 0.3) is 10.0 Å². The van der Waals surface area contributed by atoms with E-state index < -0.39 is 10.0 Å². The molecule has 156 valence electrons. The summed E-state index contributed by atoms with van der Waals surface area (Å²) in [5.74, 6) is -0.225. The Morgan fingerprint density at radius 1 is 0.867 bits per heavy atom. The van der Waals surface area contributed by atoms with Gasteiger partial charge in [0.1, 0.15) is 0 Å². The van der Waals surface area contributed by atoms with Crippen molar-refractivity contribution in [1.29, 1.82) is 0 Å². The van der Waals surface area contributed by atoms with E-state index in [1.165, 1.54) is 31.2 Å². The minimum Gasteiger partial charge on any atom is -0.326 e. The van der Waals surface area contributed by atoms with Crippen molar-refractivity contribution in [3.05, 3.63) is 77.6 Å². The number of nitrogens with one attached hydrogen (secondary N) is 2. The summed E-state index contributed by atoms with van der Waals surface area (Å²) < 4.78 is 27.1. The fourth-order valence-electron chi connectivity index (χ4n) is 3.09. The van der Waals surface area contributed by atoms with Crippen molar-refractivity contribution in [2.75, 3.05) is 5.32 Å². The predicted octanol–water partition coefficient (Wildman–Crippen LogP) is 3.76. The number of nitrogens with zero attached hydrogens (tertiary/aromatic N) is 2. The van der Waals surface area contributed by atoms with E-state index in [4.69, 9.17) is 0 Å². The summed E-state index contributed by atoms with van der Waals surface area (Å²) in [5.41, 5.74) is 5.19. The molecule has 1 heterocycles. The van der Waals surface area contributed by atoms with Crippen LogP contribution < -0.4 is 10.1 Å². The molecule has 3 rings (SSSR count). The fraction of sp³-hybridized carbons (Fsp3) is 0.182. The summed E-state index contributed by atoms with van der Waals surface area (Å²) in [4.78, 5) is 13.4. The summed E-state index contributed by atoms with van der Waals surface area (Å²) in [7, 11) is -3.82. The van der Waals surface area contributed by atoms with Crippen molar-refractivity contribution in [1.82, 2.24) is 9.40 Å². The number of aryl methyl sites for hydroxylation is 2. The Labute approximate surface area is 176 Å². The van der Waals surface area contributed by atoms with Crippen LogP contribution in [0.25, 0.3) is 5.69 Å². The van der Waals surface area contributed by atoms with Crippen molar-refractivity contribution in [3.8, 4) is 5.69 Å². The lowest BCUT2D eigenvalue weighted by Crippen LogP contribution is -2.20. The molecule has 1 amide bonds. The molecule has 1 aromatic heterocycles. The molecule has 2 aromatic carbocycles. The van der Waals surface area contributed by atoms with Crippen LogP contribution in [0.4, 0.5) is 5.69 Å². The lowest BCUT2D eigenvalue weighted by Gasteiger charge is -2.10. The minimum atomic E-state index is -3.82. The molecule has 8 heteroatoms. The number of amides is 1. The van der Waals surface area contributed by atoms with Crippen molar-refractivity contribution >= 4 is 27.3 Å². The highest BCUT2D eigenvalue weighted by molar-refractivity contribution is 7.89. The fourth-order valence-corrected chi connectivity index (χ4v) is 3.95. The van der Waals surface area contributed by atoms with Crippen molar-refractivity contribution < 1.29 is 13.2 Å². The molecular weight excluding hydrogens is 400 g/mol. The summed E-state index contributed by atoms with van der Waals surface area (Å²) in [5, 5.41) is 6.64. The zero-order chi connectivity index (χ0) is 21.9. The van der Waals surface area contributed by atoms with Crippen LogP contribution in [0.15, 0.2) is 70.7 Å². The molecule has 0 atom stereocenters. The highest BCUT2D eigenvalue weighted by Gasteiger charge is 2.13. The van der Waals surface area contributed by atoms with Gasteiger partial charge in [-0.15, -0.1) is 0 Å². The van der Waals surface area contributed by atoms with Gasteiger partial charge < -0.3 is 9.88 Å². The van der Waals surface area contributed by atoms with Crippen LogP contribution in [0.5, 0.6) is 0 Å². The van der Waals surface area contributed by atoms with Gasteiger partial charge in [-0.1, -0.05) is 12.1 Å². The first kappa shape index (κ1) is 21.3. The average Bonchev–Trinajstić information content (AvgIpc) is 3.04. The maximum absolute atomic E-state index is 12.5. The van der Waals surface area contributed by atoms with Gasteiger partial charge in [0, 0.05) is 29.7 Å². The zero-order valence-corrected chi connectivity index (χ0v) is 18.1. The Bertz CT molecular complexity index is 1170. The molecule has 0 bridgehead atoms. The molecule has 0 spiro atoms. The van der Waals surface area contributed by atoms with Crippen molar-refractivity contribution in [2.45, 2.75) is 32.6 Å². The number of aromatic nitrogens is 1. The van der Waals surface area contributed by atoms with Crippen LogP contribution in [-0.4, -0.2) is 24.6 Å². The van der Waals surface area contributed by atoms with Gasteiger partial charge >= 0.3 is 0 Å². The van der Waals surface area contributed by atoms with Crippen LogP contribution in [0.1, 0.15) is 30.8 Å². The number of sulfonamides is 1. The summed E-state index contributed by atoms with van der Waals surface area (Å²) in [6.45, 7) is 7.22. The lowest BCUT2D eigenvalue weighted by molar-refractivity contribution is -0.114. The molecule has 7 nitrogen and oxygen atoms in total. The number of hydrazone groups is 1. The Morgan fingerprint density at radius 2 is 1.43 bits per heavy atom. The topological polar surface area (TPSA) is 92.6 Å². The number of rotatable bonds is 6. The third-order valence-corrected chi connectivity index (χ3v) is 5.86. The second kappa shape index (κ2) is 8.54. The first-order valence-electron chi connectivity index (χ1n) is 9.37. The Morgan fingerprint density at radius 3 is 1.97 bits per heavy atom. The van der Waals surface area contributed by atoms with E-state index in [1.54, 1.807) is 6.92 Å². The molecule has 0 fully saturated rings. The number of anilines is 1. The first-order valence-corrected chi connectivity index (χ1v) is 10.9. The van der Waals surface area contributed by atoms with E-state index >= 15 is 0 Å². The smallest absolute Gasteiger partial charge is 0.276 e. The van der Waals surface area contributed by atoms with E-state index in [-0.39, 0.29) is 10.8 Å². The molecule has 0 unspecified atom stereocenters. The quantitative estimate of drug-likeness (QED) is 0.466. The molecule has 0 aliphatic rings. The predicted molar refractivity (Wildman–Crippen MR) is 119 cm³/mol. The van der Waals surface area contributed by atoms with Crippen LogP contribution in [0.2, 0.25) is 0 Å². The average molecular weight is 425 g/mol. The Balaban J connectivity index is 1.74. The molecular formula is C22H24N4O3S. The van der Waals surface area contributed by atoms with Gasteiger partial charge in [0.05, 0.1) is 10.6 Å². The second-order valence-corrected chi connectivity index (χ2v) is 8.66. The van der Waals surface area contributed by atoms with Gasteiger partial charge in [-0.25, -0.2) is 0 Å². The first-order chi connectivity index (χ1) is 14.2. The second-order valence-electron chi connectivity index (χ2n) is 7.00. The highest BCUT2D eigenvalue weighted by atomic mass is 32.2. The third-order valence-electron chi connectivity index (χ3n) is 4.63. The molecule has 0 radical (unpaired) electrons. The number of benzene rings is 2. The molecule has 30 heavy (non-hydrogen) atoms. The summed E-state index contributed by atoms with van der Waals surface area (Å²) >= 11 is 0. The minimum absolute atomic E-state index is 0.0575. The van der Waals surface area contributed by atoms with Crippen LogP contribution in [0.3, 0.4) is 0 Å². The number of carbonyl (C=O) groups excluding carboxylic acids is 1. The van der Waals surface area contributed by atoms with Crippen molar-refractivity contribution in [3.63, 3.8) is 0 Å². The Hall–Kier alpha value is -3.39. The molecule has 0 saturated heterocycles. The van der Waals surface area contributed by atoms with E-state index in [0.717, 1.165) is 22.6 Å². The van der Waals surface area contributed by atoms with Crippen LogP contribution in [-0.2, 0) is 14.8 Å². The van der Waals surface area contributed by atoms with Crippen molar-refractivity contribution in [2.24, 2.45) is 5.10 Å². The monoisotopic (exact) mass is 424 g/mol. The molecule has 2 N–H and O–H groups in total. The van der Waals surface area contributed by atoms with Crippen LogP contribution in [0, 0.1) is 13.8 Å². The van der Waals surface area contributed by atoms with E-state index in [1.807, 2.05) is 38.1 Å².